The molecule has 5 atom stereocenters. The minimum Gasteiger partial charge on any atom is -0.381 e. The molecule has 0 aromatic heterocycles. The topological polar surface area (TPSA) is 109 Å². The molecule has 0 aliphatic carbocycles. The largest absolute Gasteiger partial charge is 0.381 e. The van der Waals surface area contributed by atoms with Gasteiger partial charge in [0.25, 0.3) is 0 Å². The zero-order valence-corrected chi connectivity index (χ0v) is 16.7. The Hall–Kier alpha value is -2.52. The number of nitrogens with two attached hydrogens (primary N) is 1. The number of likely N-dealkylation sites (tertiary alicyclic amines) is 1. The molecule has 1 fully saturated rings. The number of carbonyl (C=O) groups excluding carboxylic acids is 2. The van der Waals surface area contributed by atoms with Crippen molar-refractivity contribution in [2.45, 2.75) is 44.0 Å². The number of amides is 2. The summed E-state index contributed by atoms with van der Waals surface area (Å²) in [7, 11) is 1.64. The standard InChI is InChI=1S/C20H28FN5O3/c1-12-11-26(17(9-18(12)29-2)13-3-5-14(21)6-4-13)20(28)19(27)25-16-7-8-23-24-10-15(16)22/h3-6,8,12,15-18,24H,7,9-11,22H2,1-2H3,(H,25,27)/t12-,15?,16+,17-,18?/m1/s1. The fraction of sp³-hybridized carbons (Fsp3) is 0.550. The number of nitrogens with one attached hydrogen (secondary N) is 2. The average molecular weight is 405 g/mol. The molecule has 1 aromatic rings. The summed E-state index contributed by atoms with van der Waals surface area (Å²) < 4.78 is 18.9. The van der Waals surface area contributed by atoms with E-state index in [4.69, 9.17) is 10.5 Å². The van der Waals surface area contributed by atoms with Gasteiger partial charge >= 0.3 is 11.8 Å². The third-order valence-electron chi connectivity index (χ3n) is 5.67. The van der Waals surface area contributed by atoms with Gasteiger partial charge in [-0.15, -0.1) is 0 Å². The molecular weight excluding hydrogens is 377 g/mol. The first kappa shape index (κ1) is 21.2. The average Bonchev–Trinajstić information content (AvgIpc) is 2.92. The highest BCUT2D eigenvalue weighted by molar-refractivity contribution is 6.35. The van der Waals surface area contributed by atoms with E-state index in [1.54, 1.807) is 30.4 Å². The Labute approximate surface area is 169 Å². The zero-order chi connectivity index (χ0) is 21.0. The van der Waals surface area contributed by atoms with Crippen molar-refractivity contribution in [2.75, 3.05) is 20.2 Å². The maximum atomic E-state index is 13.4. The van der Waals surface area contributed by atoms with Crippen LogP contribution in [0, 0.1) is 11.7 Å². The van der Waals surface area contributed by atoms with Crippen molar-refractivity contribution in [3.05, 3.63) is 35.6 Å². The second-order valence-electron chi connectivity index (χ2n) is 7.67. The summed E-state index contributed by atoms with van der Waals surface area (Å²) in [5.74, 6) is -1.61. The SMILES string of the molecule is COC1C[C@H](c2ccc(F)cc2)N(C(=O)C(=O)N[C@H]2CC=NNCC2N)C[C@H]1C. The number of nitrogens with zero attached hydrogens (tertiary/aromatic N) is 2. The first-order valence-corrected chi connectivity index (χ1v) is 9.80. The normalized spacial score (nSPS) is 29.7. The van der Waals surface area contributed by atoms with Gasteiger partial charge in [0.15, 0.2) is 0 Å². The highest BCUT2D eigenvalue weighted by atomic mass is 19.1. The van der Waals surface area contributed by atoms with Gasteiger partial charge in [-0.1, -0.05) is 19.1 Å². The Balaban J connectivity index is 1.78. The summed E-state index contributed by atoms with van der Waals surface area (Å²) in [4.78, 5) is 27.4. The van der Waals surface area contributed by atoms with Crippen molar-refractivity contribution < 1.29 is 18.7 Å². The molecule has 1 aromatic carbocycles. The van der Waals surface area contributed by atoms with Gasteiger partial charge in [-0.05, 0) is 24.1 Å². The van der Waals surface area contributed by atoms with E-state index >= 15 is 0 Å². The van der Waals surface area contributed by atoms with E-state index in [-0.39, 0.29) is 36.0 Å². The van der Waals surface area contributed by atoms with Gasteiger partial charge in [-0.25, -0.2) is 4.39 Å². The van der Waals surface area contributed by atoms with Crippen LogP contribution in [-0.4, -0.2) is 61.3 Å². The highest BCUT2D eigenvalue weighted by Gasteiger charge is 2.39. The third kappa shape index (κ3) is 4.91. The van der Waals surface area contributed by atoms with Crippen LogP contribution in [0.2, 0.25) is 0 Å². The Morgan fingerprint density at radius 2 is 2.07 bits per heavy atom. The molecule has 1 saturated heterocycles. The van der Waals surface area contributed by atoms with Crippen LogP contribution in [0.4, 0.5) is 4.39 Å². The van der Waals surface area contributed by atoms with Gasteiger partial charge in [0, 0.05) is 38.2 Å². The number of ether oxygens (including phenoxy) is 1. The quantitative estimate of drug-likeness (QED) is 0.636. The molecular formula is C20H28FN5O3. The van der Waals surface area contributed by atoms with E-state index in [2.05, 4.69) is 15.8 Å². The lowest BCUT2D eigenvalue weighted by molar-refractivity contribution is -0.152. The predicted molar refractivity (Wildman–Crippen MR) is 106 cm³/mol. The number of piperidine rings is 1. The molecule has 2 aliphatic heterocycles. The van der Waals surface area contributed by atoms with Crippen LogP contribution in [0.5, 0.6) is 0 Å². The van der Waals surface area contributed by atoms with Gasteiger partial charge in [0.2, 0.25) is 0 Å². The molecule has 2 unspecified atom stereocenters. The molecule has 0 saturated carbocycles. The molecule has 4 N–H and O–H groups in total. The van der Waals surface area contributed by atoms with Gasteiger partial charge in [0.1, 0.15) is 5.82 Å². The predicted octanol–water partition coefficient (Wildman–Crippen LogP) is 0.541. The summed E-state index contributed by atoms with van der Waals surface area (Å²) in [5, 5.41) is 6.70. The lowest BCUT2D eigenvalue weighted by atomic mass is 9.87. The Morgan fingerprint density at radius 1 is 1.34 bits per heavy atom. The minimum absolute atomic E-state index is 0.0601. The molecule has 2 aliphatic rings. The van der Waals surface area contributed by atoms with Crippen LogP contribution in [0.3, 0.4) is 0 Å². The monoisotopic (exact) mass is 405 g/mol. The molecule has 3 rings (SSSR count). The number of rotatable bonds is 3. The fourth-order valence-electron chi connectivity index (χ4n) is 3.92. The van der Waals surface area contributed by atoms with Crippen LogP contribution in [0.15, 0.2) is 29.4 Å². The van der Waals surface area contributed by atoms with Gasteiger partial charge in [-0.2, -0.15) is 5.10 Å². The minimum atomic E-state index is -0.698. The molecule has 158 valence electrons. The van der Waals surface area contributed by atoms with E-state index in [0.29, 0.717) is 25.9 Å². The number of hydrazone groups is 1. The van der Waals surface area contributed by atoms with Gasteiger partial charge < -0.3 is 26.1 Å². The van der Waals surface area contributed by atoms with E-state index in [1.807, 2.05) is 6.92 Å². The molecule has 9 heteroatoms. The van der Waals surface area contributed by atoms with Crippen LogP contribution in [-0.2, 0) is 14.3 Å². The van der Waals surface area contributed by atoms with Crippen LogP contribution >= 0.6 is 0 Å². The molecule has 2 amide bonds. The van der Waals surface area contributed by atoms with Gasteiger partial charge in [-0.3, -0.25) is 9.59 Å². The summed E-state index contributed by atoms with van der Waals surface area (Å²) >= 11 is 0. The van der Waals surface area contributed by atoms with Crippen molar-refractivity contribution >= 4 is 18.0 Å². The lowest BCUT2D eigenvalue weighted by Gasteiger charge is -2.42. The van der Waals surface area contributed by atoms with Crippen molar-refractivity contribution in [1.82, 2.24) is 15.6 Å². The fourth-order valence-corrected chi connectivity index (χ4v) is 3.92. The zero-order valence-electron chi connectivity index (χ0n) is 16.7. The van der Waals surface area contributed by atoms with Crippen molar-refractivity contribution in [2.24, 2.45) is 16.8 Å². The molecule has 0 spiro atoms. The number of hydrogen-bond acceptors (Lipinski definition) is 6. The first-order chi connectivity index (χ1) is 13.9. The van der Waals surface area contributed by atoms with E-state index < -0.39 is 11.8 Å². The number of methoxy groups -OCH3 is 1. The first-order valence-electron chi connectivity index (χ1n) is 9.80. The highest BCUT2D eigenvalue weighted by Crippen LogP contribution is 2.35. The summed E-state index contributed by atoms with van der Waals surface area (Å²) in [5.41, 5.74) is 9.63. The molecule has 29 heavy (non-hydrogen) atoms. The second kappa shape index (κ2) is 9.32. The smallest absolute Gasteiger partial charge is 0.312 e. The molecule has 0 radical (unpaired) electrons. The van der Waals surface area contributed by atoms with E-state index in [9.17, 15) is 14.0 Å². The molecule has 2 heterocycles. The van der Waals surface area contributed by atoms with Crippen LogP contribution in [0.1, 0.15) is 31.4 Å². The second-order valence-corrected chi connectivity index (χ2v) is 7.67. The number of benzene rings is 1. The van der Waals surface area contributed by atoms with E-state index in [0.717, 1.165) is 5.56 Å². The van der Waals surface area contributed by atoms with Crippen molar-refractivity contribution in [3.8, 4) is 0 Å². The summed E-state index contributed by atoms with van der Waals surface area (Å²) in [6.45, 7) is 2.76. The Morgan fingerprint density at radius 3 is 2.76 bits per heavy atom. The molecule has 8 nitrogen and oxygen atoms in total. The summed E-state index contributed by atoms with van der Waals surface area (Å²) in [6, 6.07) is 4.88. The number of hydrogen-bond donors (Lipinski definition) is 3. The summed E-state index contributed by atoms with van der Waals surface area (Å²) in [6.07, 6.45) is 2.55. The maximum Gasteiger partial charge on any atom is 0.312 e. The number of carbonyl (C=O) groups is 2. The van der Waals surface area contributed by atoms with Crippen LogP contribution < -0.4 is 16.5 Å². The Bertz CT molecular complexity index is 757. The third-order valence-corrected chi connectivity index (χ3v) is 5.67. The number of halogens is 1. The van der Waals surface area contributed by atoms with Crippen LogP contribution in [0.25, 0.3) is 0 Å². The van der Waals surface area contributed by atoms with Gasteiger partial charge in [0.05, 0.1) is 24.7 Å². The van der Waals surface area contributed by atoms with E-state index in [1.165, 1.54) is 12.1 Å². The van der Waals surface area contributed by atoms with Crippen molar-refractivity contribution in [3.63, 3.8) is 0 Å². The van der Waals surface area contributed by atoms with Crippen molar-refractivity contribution in [1.29, 1.82) is 0 Å². The molecule has 0 bridgehead atoms. The lowest BCUT2D eigenvalue weighted by Crippen LogP contribution is -2.56. The maximum absolute atomic E-state index is 13.4. The Kier molecular flexibility index (Phi) is 6.81.